The van der Waals surface area contributed by atoms with E-state index >= 15 is 0 Å². The summed E-state index contributed by atoms with van der Waals surface area (Å²) in [6.45, 7) is 2.91. The van der Waals surface area contributed by atoms with Crippen LogP contribution in [0.2, 0.25) is 0 Å². The molecule has 0 aromatic heterocycles. The standard InChI is InChI=1S/C18H19NO3/c1-12-9-14(18(21)22)11-19(10-12)17(20)16-8-4-6-13-5-2-3-7-15(13)16/h2-8,12,14H,9-11H2,1H3,(H,21,22). The summed E-state index contributed by atoms with van der Waals surface area (Å²) in [7, 11) is 0. The van der Waals surface area contributed by atoms with E-state index in [9.17, 15) is 14.7 Å². The zero-order valence-electron chi connectivity index (χ0n) is 12.5. The Morgan fingerprint density at radius 2 is 1.82 bits per heavy atom. The number of hydrogen-bond acceptors (Lipinski definition) is 2. The maximum atomic E-state index is 12.9. The van der Waals surface area contributed by atoms with E-state index in [1.54, 1.807) is 4.90 Å². The lowest BCUT2D eigenvalue weighted by atomic mass is 9.90. The van der Waals surface area contributed by atoms with Gasteiger partial charge in [0.2, 0.25) is 0 Å². The Morgan fingerprint density at radius 3 is 2.59 bits per heavy atom. The first-order chi connectivity index (χ1) is 10.6. The summed E-state index contributed by atoms with van der Waals surface area (Å²) >= 11 is 0. The van der Waals surface area contributed by atoms with Gasteiger partial charge in [-0.05, 0) is 29.2 Å². The van der Waals surface area contributed by atoms with Crippen molar-refractivity contribution in [2.75, 3.05) is 13.1 Å². The van der Waals surface area contributed by atoms with Gasteiger partial charge in [0.1, 0.15) is 0 Å². The van der Waals surface area contributed by atoms with Gasteiger partial charge in [-0.25, -0.2) is 0 Å². The van der Waals surface area contributed by atoms with E-state index < -0.39 is 11.9 Å². The molecule has 4 heteroatoms. The molecule has 3 rings (SSSR count). The van der Waals surface area contributed by atoms with Crippen molar-refractivity contribution < 1.29 is 14.7 Å². The fourth-order valence-corrected chi connectivity index (χ4v) is 3.28. The molecule has 1 aliphatic heterocycles. The first-order valence-corrected chi connectivity index (χ1v) is 7.56. The van der Waals surface area contributed by atoms with E-state index in [4.69, 9.17) is 0 Å². The second-order valence-corrected chi connectivity index (χ2v) is 6.11. The number of benzene rings is 2. The van der Waals surface area contributed by atoms with Crippen molar-refractivity contribution in [1.29, 1.82) is 0 Å². The molecule has 2 unspecified atom stereocenters. The highest BCUT2D eigenvalue weighted by molar-refractivity contribution is 6.07. The highest BCUT2D eigenvalue weighted by Gasteiger charge is 2.32. The van der Waals surface area contributed by atoms with Gasteiger partial charge in [0, 0.05) is 18.7 Å². The number of aliphatic carboxylic acids is 1. The maximum Gasteiger partial charge on any atom is 0.308 e. The smallest absolute Gasteiger partial charge is 0.308 e. The van der Waals surface area contributed by atoms with Gasteiger partial charge in [0.05, 0.1) is 5.92 Å². The number of nitrogens with zero attached hydrogens (tertiary/aromatic N) is 1. The van der Waals surface area contributed by atoms with Gasteiger partial charge in [-0.3, -0.25) is 9.59 Å². The number of likely N-dealkylation sites (tertiary alicyclic amines) is 1. The fraction of sp³-hybridized carbons (Fsp3) is 0.333. The summed E-state index contributed by atoms with van der Waals surface area (Å²) in [5.41, 5.74) is 0.649. The maximum absolute atomic E-state index is 12.9. The van der Waals surface area contributed by atoms with Crippen LogP contribution in [-0.2, 0) is 4.79 Å². The molecule has 2 aromatic rings. The van der Waals surface area contributed by atoms with Crippen LogP contribution in [0.15, 0.2) is 42.5 Å². The molecule has 0 aliphatic carbocycles. The van der Waals surface area contributed by atoms with Gasteiger partial charge in [0.25, 0.3) is 5.91 Å². The summed E-state index contributed by atoms with van der Waals surface area (Å²) in [5.74, 6) is -1.16. The minimum atomic E-state index is -0.817. The van der Waals surface area contributed by atoms with Gasteiger partial charge in [-0.2, -0.15) is 0 Å². The number of carbonyl (C=O) groups is 2. The number of carboxylic acids is 1. The van der Waals surface area contributed by atoms with Gasteiger partial charge in [-0.1, -0.05) is 43.3 Å². The molecule has 1 saturated heterocycles. The van der Waals surface area contributed by atoms with Crippen LogP contribution in [0.1, 0.15) is 23.7 Å². The molecule has 2 atom stereocenters. The monoisotopic (exact) mass is 297 g/mol. The zero-order chi connectivity index (χ0) is 15.7. The predicted octanol–water partition coefficient (Wildman–Crippen LogP) is 3.02. The third-order valence-corrected chi connectivity index (χ3v) is 4.32. The minimum Gasteiger partial charge on any atom is -0.481 e. The van der Waals surface area contributed by atoms with Crippen LogP contribution >= 0.6 is 0 Å². The van der Waals surface area contributed by atoms with E-state index in [0.717, 1.165) is 10.8 Å². The first kappa shape index (κ1) is 14.6. The van der Waals surface area contributed by atoms with E-state index in [0.29, 0.717) is 25.1 Å². The molecule has 0 saturated carbocycles. The van der Waals surface area contributed by atoms with Crippen molar-refractivity contribution in [2.24, 2.45) is 11.8 Å². The van der Waals surface area contributed by atoms with Crippen LogP contribution in [0.25, 0.3) is 10.8 Å². The summed E-state index contributed by atoms with van der Waals surface area (Å²) in [4.78, 5) is 25.8. The first-order valence-electron chi connectivity index (χ1n) is 7.56. The number of carbonyl (C=O) groups excluding carboxylic acids is 1. The number of fused-ring (bicyclic) bond motifs is 1. The van der Waals surface area contributed by atoms with E-state index in [1.807, 2.05) is 49.4 Å². The van der Waals surface area contributed by atoms with Crippen molar-refractivity contribution in [1.82, 2.24) is 4.90 Å². The molecule has 0 spiro atoms. The molecular weight excluding hydrogens is 278 g/mol. The Labute approximate surface area is 129 Å². The summed E-state index contributed by atoms with van der Waals surface area (Å²) < 4.78 is 0. The number of amides is 1. The summed E-state index contributed by atoms with van der Waals surface area (Å²) in [6.07, 6.45) is 0.634. The van der Waals surface area contributed by atoms with Crippen LogP contribution < -0.4 is 0 Å². The van der Waals surface area contributed by atoms with Crippen molar-refractivity contribution >= 4 is 22.6 Å². The second kappa shape index (κ2) is 5.79. The average Bonchev–Trinajstić information content (AvgIpc) is 2.53. The van der Waals surface area contributed by atoms with Crippen molar-refractivity contribution in [2.45, 2.75) is 13.3 Å². The largest absolute Gasteiger partial charge is 0.481 e. The molecule has 22 heavy (non-hydrogen) atoms. The Hall–Kier alpha value is -2.36. The molecule has 4 nitrogen and oxygen atoms in total. The van der Waals surface area contributed by atoms with Crippen LogP contribution in [0.4, 0.5) is 0 Å². The van der Waals surface area contributed by atoms with Crippen LogP contribution in [0.5, 0.6) is 0 Å². The third kappa shape index (κ3) is 2.69. The lowest BCUT2D eigenvalue weighted by Crippen LogP contribution is -2.45. The van der Waals surface area contributed by atoms with Crippen molar-refractivity contribution in [3.63, 3.8) is 0 Å². The van der Waals surface area contributed by atoms with Crippen LogP contribution in [-0.4, -0.2) is 35.0 Å². The van der Waals surface area contributed by atoms with E-state index in [1.165, 1.54) is 0 Å². The van der Waals surface area contributed by atoms with Gasteiger partial charge in [0.15, 0.2) is 0 Å². The number of piperidine rings is 1. The number of rotatable bonds is 2. The van der Waals surface area contributed by atoms with Crippen LogP contribution in [0.3, 0.4) is 0 Å². The predicted molar refractivity (Wildman–Crippen MR) is 84.8 cm³/mol. The zero-order valence-corrected chi connectivity index (χ0v) is 12.5. The van der Waals surface area contributed by atoms with Gasteiger partial charge in [-0.15, -0.1) is 0 Å². The molecule has 1 amide bonds. The molecule has 0 radical (unpaired) electrons. The van der Waals surface area contributed by atoms with E-state index in [2.05, 4.69) is 0 Å². The molecule has 1 heterocycles. The second-order valence-electron chi connectivity index (χ2n) is 6.11. The van der Waals surface area contributed by atoms with Gasteiger partial charge >= 0.3 is 5.97 Å². The third-order valence-electron chi connectivity index (χ3n) is 4.32. The number of carboxylic acid groups (broad SMARTS) is 1. The molecule has 1 fully saturated rings. The highest BCUT2D eigenvalue weighted by Crippen LogP contribution is 2.26. The Kier molecular flexibility index (Phi) is 3.84. The average molecular weight is 297 g/mol. The topological polar surface area (TPSA) is 57.6 Å². The summed E-state index contributed by atoms with van der Waals surface area (Å²) in [5, 5.41) is 11.2. The Balaban J connectivity index is 1.93. The minimum absolute atomic E-state index is 0.0744. The SMILES string of the molecule is CC1CC(C(=O)O)CN(C(=O)c2cccc3ccccc23)C1. The van der Waals surface area contributed by atoms with E-state index in [-0.39, 0.29) is 11.8 Å². The number of hydrogen-bond donors (Lipinski definition) is 1. The molecule has 1 N–H and O–H groups in total. The highest BCUT2D eigenvalue weighted by atomic mass is 16.4. The Bertz CT molecular complexity index is 720. The lowest BCUT2D eigenvalue weighted by molar-refractivity contribution is -0.143. The van der Waals surface area contributed by atoms with Crippen LogP contribution in [0, 0.1) is 11.8 Å². The molecule has 0 bridgehead atoms. The van der Waals surface area contributed by atoms with Gasteiger partial charge < -0.3 is 10.0 Å². The molecule has 114 valence electrons. The Morgan fingerprint density at radius 1 is 1.09 bits per heavy atom. The quantitative estimate of drug-likeness (QED) is 0.927. The van der Waals surface area contributed by atoms with Crippen molar-refractivity contribution in [3.05, 3.63) is 48.0 Å². The normalized spacial score (nSPS) is 21.8. The lowest BCUT2D eigenvalue weighted by Gasteiger charge is -2.35. The fourth-order valence-electron chi connectivity index (χ4n) is 3.28. The molecule has 1 aliphatic rings. The molecule has 2 aromatic carbocycles. The van der Waals surface area contributed by atoms with Crippen molar-refractivity contribution in [3.8, 4) is 0 Å². The summed E-state index contributed by atoms with van der Waals surface area (Å²) in [6, 6.07) is 13.4. The molecular formula is C18H19NO3.